The standard InChI is InChI=1S/C16H26N2O/c1-6-9-19-14-7-8-15-16(10-14)18(13(4)5)11-17(15)12(2)3/h7-8,10,12-13H,6,9,11H2,1-5H3. The number of ether oxygens (including phenoxy) is 1. The molecule has 0 radical (unpaired) electrons. The molecule has 0 fully saturated rings. The molecule has 0 unspecified atom stereocenters. The van der Waals surface area contributed by atoms with Gasteiger partial charge in [-0.15, -0.1) is 0 Å². The Balaban J connectivity index is 2.31. The van der Waals surface area contributed by atoms with Crippen LogP contribution in [0.5, 0.6) is 5.75 Å². The third-order valence-electron chi connectivity index (χ3n) is 3.59. The van der Waals surface area contributed by atoms with Gasteiger partial charge in [-0.05, 0) is 46.2 Å². The Hall–Kier alpha value is -1.38. The average Bonchev–Trinajstić information content (AvgIpc) is 2.75. The molecular weight excluding hydrogens is 236 g/mol. The first-order chi connectivity index (χ1) is 9.04. The van der Waals surface area contributed by atoms with E-state index in [-0.39, 0.29) is 0 Å². The monoisotopic (exact) mass is 262 g/mol. The summed E-state index contributed by atoms with van der Waals surface area (Å²) in [5.74, 6) is 0.983. The molecule has 0 amide bonds. The van der Waals surface area contributed by atoms with Crippen LogP contribution in [0.25, 0.3) is 0 Å². The van der Waals surface area contributed by atoms with E-state index in [2.05, 4.69) is 62.6 Å². The molecular formula is C16H26N2O. The van der Waals surface area contributed by atoms with Gasteiger partial charge >= 0.3 is 0 Å². The fraction of sp³-hybridized carbons (Fsp3) is 0.625. The Kier molecular flexibility index (Phi) is 4.23. The lowest BCUT2D eigenvalue weighted by Gasteiger charge is -2.27. The summed E-state index contributed by atoms with van der Waals surface area (Å²) in [6.45, 7) is 12.9. The average molecular weight is 262 g/mol. The van der Waals surface area contributed by atoms with Crippen molar-refractivity contribution in [2.75, 3.05) is 23.1 Å². The molecule has 2 rings (SSSR count). The zero-order valence-corrected chi connectivity index (χ0v) is 12.8. The van der Waals surface area contributed by atoms with Gasteiger partial charge < -0.3 is 14.5 Å². The number of anilines is 2. The third-order valence-corrected chi connectivity index (χ3v) is 3.59. The molecule has 0 atom stereocenters. The molecule has 3 nitrogen and oxygen atoms in total. The van der Waals surface area contributed by atoms with Gasteiger partial charge in [-0.2, -0.15) is 0 Å². The maximum atomic E-state index is 5.76. The van der Waals surface area contributed by atoms with E-state index in [0.717, 1.165) is 25.4 Å². The van der Waals surface area contributed by atoms with Crippen LogP contribution in [0.4, 0.5) is 11.4 Å². The van der Waals surface area contributed by atoms with Crippen molar-refractivity contribution >= 4 is 11.4 Å². The second-order valence-corrected chi connectivity index (χ2v) is 5.77. The Morgan fingerprint density at radius 3 is 2.26 bits per heavy atom. The molecule has 0 bridgehead atoms. The number of nitrogens with zero attached hydrogens (tertiary/aromatic N) is 2. The summed E-state index contributed by atoms with van der Waals surface area (Å²) in [5, 5.41) is 0. The van der Waals surface area contributed by atoms with Crippen molar-refractivity contribution in [2.24, 2.45) is 0 Å². The molecule has 1 aromatic carbocycles. The van der Waals surface area contributed by atoms with E-state index in [9.17, 15) is 0 Å². The van der Waals surface area contributed by atoms with Gasteiger partial charge in [-0.3, -0.25) is 0 Å². The minimum absolute atomic E-state index is 0.504. The zero-order chi connectivity index (χ0) is 14.0. The normalized spacial score (nSPS) is 14.5. The van der Waals surface area contributed by atoms with Crippen molar-refractivity contribution in [3.8, 4) is 5.75 Å². The van der Waals surface area contributed by atoms with Crippen LogP contribution >= 0.6 is 0 Å². The Bertz CT molecular complexity index is 429. The maximum absolute atomic E-state index is 5.76. The van der Waals surface area contributed by atoms with E-state index in [4.69, 9.17) is 4.74 Å². The van der Waals surface area contributed by atoms with E-state index >= 15 is 0 Å². The molecule has 1 aliphatic heterocycles. The SMILES string of the molecule is CCCOc1ccc2c(c1)N(C(C)C)CN2C(C)C. The predicted molar refractivity (Wildman–Crippen MR) is 82.3 cm³/mol. The first-order valence-electron chi connectivity index (χ1n) is 7.34. The molecule has 1 aromatic rings. The van der Waals surface area contributed by atoms with Gasteiger partial charge in [0.05, 0.1) is 24.7 Å². The lowest BCUT2D eigenvalue weighted by Crippen LogP contribution is -2.38. The van der Waals surface area contributed by atoms with Gasteiger partial charge in [0.25, 0.3) is 0 Å². The maximum Gasteiger partial charge on any atom is 0.121 e. The first-order valence-corrected chi connectivity index (χ1v) is 7.34. The van der Waals surface area contributed by atoms with Crippen LogP contribution in [0, 0.1) is 0 Å². The highest BCUT2D eigenvalue weighted by Gasteiger charge is 2.29. The summed E-state index contributed by atoms with van der Waals surface area (Å²) in [7, 11) is 0. The quantitative estimate of drug-likeness (QED) is 0.801. The minimum Gasteiger partial charge on any atom is -0.494 e. The van der Waals surface area contributed by atoms with Gasteiger partial charge in [0.2, 0.25) is 0 Å². The van der Waals surface area contributed by atoms with Crippen molar-refractivity contribution in [3.05, 3.63) is 18.2 Å². The lowest BCUT2D eigenvalue weighted by atomic mass is 10.2. The van der Waals surface area contributed by atoms with Crippen molar-refractivity contribution < 1.29 is 4.74 Å². The van der Waals surface area contributed by atoms with Gasteiger partial charge in [-0.1, -0.05) is 6.92 Å². The molecule has 0 aromatic heterocycles. The van der Waals surface area contributed by atoms with Crippen LogP contribution in [0.15, 0.2) is 18.2 Å². The molecule has 0 aliphatic carbocycles. The molecule has 0 saturated carbocycles. The summed E-state index contributed by atoms with van der Waals surface area (Å²) < 4.78 is 5.76. The van der Waals surface area contributed by atoms with Gasteiger partial charge in [0, 0.05) is 18.2 Å². The largest absolute Gasteiger partial charge is 0.494 e. The Labute approximate surface area is 117 Å². The van der Waals surface area contributed by atoms with Crippen molar-refractivity contribution in [3.63, 3.8) is 0 Å². The van der Waals surface area contributed by atoms with Crippen molar-refractivity contribution in [1.29, 1.82) is 0 Å². The number of hydrogen-bond donors (Lipinski definition) is 0. The molecule has 0 saturated heterocycles. The minimum atomic E-state index is 0.504. The van der Waals surface area contributed by atoms with Crippen LogP contribution in [0.1, 0.15) is 41.0 Å². The van der Waals surface area contributed by atoms with Gasteiger partial charge in [0.1, 0.15) is 5.75 Å². The summed E-state index contributed by atoms with van der Waals surface area (Å²) in [4.78, 5) is 4.88. The van der Waals surface area contributed by atoms with E-state index in [1.165, 1.54) is 11.4 Å². The molecule has 1 heterocycles. The molecule has 0 spiro atoms. The highest BCUT2D eigenvalue weighted by Crippen LogP contribution is 2.40. The number of hydrogen-bond acceptors (Lipinski definition) is 3. The highest BCUT2D eigenvalue weighted by molar-refractivity contribution is 5.78. The summed E-state index contributed by atoms with van der Waals surface area (Å²) in [5.41, 5.74) is 2.63. The smallest absolute Gasteiger partial charge is 0.121 e. The second kappa shape index (κ2) is 5.72. The number of rotatable bonds is 5. The second-order valence-electron chi connectivity index (χ2n) is 5.77. The predicted octanol–water partition coefficient (Wildman–Crippen LogP) is 3.88. The van der Waals surface area contributed by atoms with Crippen LogP contribution in [0.3, 0.4) is 0 Å². The third kappa shape index (κ3) is 2.80. The van der Waals surface area contributed by atoms with Crippen molar-refractivity contribution in [2.45, 2.75) is 53.1 Å². The van der Waals surface area contributed by atoms with E-state index in [0.29, 0.717) is 12.1 Å². The number of fused-ring (bicyclic) bond motifs is 1. The summed E-state index contributed by atoms with van der Waals surface area (Å²) >= 11 is 0. The van der Waals surface area contributed by atoms with Gasteiger partial charge in [-0.25, -0.2) is 0 Å². The molecule has 1 aliphatic rings. The van der Waals surface area contributed by atoms with E-state index in [1.807, 2.05) is 0 Å². The van der Waals surface area contributed by atoms with Crippen LogP contribution in [0.2, 0.25) is 0 Å². The molecule has 0 N–H and O–H groups in total. The molecule has 106 valence electrons. The fourth-order valence-electron chi connectivity index (χ4n) is 2.49. The summed E-state index contributed by atoms with van der Waals surface area (Å²) in [6.07, 6.45) is 1.04. The van der Waals surface area contributed by atoms with Gasteiger partial charge in [0.15, 0.2) is 0 Å². The highest BCUT2D eigenvalue weighted by atomic mass is 16.5. The van der Waals surface area contributed by atoms with E-state index in [1.54, 1.807) is 0 Å². The molecule has 19 heavy (non-hydrogen) atoms. The summed E-state index contributed by atoms with van der Waals surface area (Å²) in [6, 6.07) is 7.50. The first kappa shape index (κ1) is 14.0. The van der Waals surface area contributed by atoms with Crippen LogP contribution < -0.4 is 14.5 Å². The zero-order valence-electron chi connectivity index (χ0n) is 12.8. The fourth-order valence-corrected chi connectivity index (χ4v) is 2.49. The number of benzene rings is 1. The van der Waals surface area contributed by atoms with Crippen LogP contribution in [-0.2, 0) is 0 Å². The topological polar surface area (TPSA) is 15.7 Å². The van der Waals surface area contributed by atoms with E-state index < -0.39 is 0 Å². The lowest BCUT2D eigenvalue weighted by molar-refractivity contribution is 0.317. The molecule has 3 heteroatoms. The Morgan fingerprint density at radius 1 is 1.05 bits per heavy atom. The Morgan fingerprint density at radius 2 is 1.68 bits per heavy atom. The van der Waals surface area contributed by atoms with Crippen LogP contribution in [-0.4, -0.2) is 25.4 Å². The van der Waals surface area contributed by atoms with Crippen molar-refractivity contribution in [1.82, 2.24) is 0 Å².